The average molecular weight is 1930 g/mol. The highest BCUT2D eigenvalue weighted by molar-refractivity contribution is 8.10. The van der Waals surface area contributed by atoms with Crippen LogP contribution >= 0.6 is 26.6 Å². The molecule has 9 rings (SSSR count). The predicted octanol–water partition coefficient (Wildman–Crippen LogP) is 19.7. The quantitative estimate of drug-likeness (QED) is 0.0112. The first-order valence-electron chi connectivity index (χ1n) is 38.7. The monoisotopic (exact) mass is 1930 g/mol. The van der Waals surface area contributed by atoms with E-state index in [0.29, 0.717) is 87.8 Å². The van der Waals surface area contributed by atoms with Gasteiger partial charge in [-0.3, -0.25) is 28.8 Å². The number of hydrazone groups is 3. The van der Waals surface area contributed by atoms with Gasteiger partial charge in [-0.1, -0.05) is 109 Å². The van der Waals surface area contributed by atoms with E-state index < -0.39 is 26.6 Å². The van der Waals surface area contributed by atoms with Crippen molar-refractivity contribution < 1.29 is 112 Å². The van der Waals surface area contributed by atoms with Gasteiger partial charge in [-0.15, -0.1) is 0 Å². The number of ether oxygens (including phenoxy) is 9. The molecule has 0 N–H and O–H groups in total. The molecule has 38 heteroatoms. The normalized spacial score (nSPS) is 12.1. The van der Waals surface area contributed by atoms with E-state index in [0.717, 1.165) is 0 Å². The van der Waals surface area contributed by atoms with Crippen molar-refractivity contribution in [2.75, 3.05) is 85.1 Å². The van der Waals surface area contributed by atoms with Crippen molar-refractivity contribution in [3.05, 3.63) is 269 Å². The standard InChI is InChI=1S/C93H90N6O24P4S4/c1-97(124(128,115-76-40-31-70(25-16-52-100)61-85(76)106-4)116-77-41-32-71(26-17-53-101)62-86(77)107-5)94-49-13-22-67-37-46-82(91(58-67)112-10)121-127(131,122-83-47-38-68(59-92(83)113-11)23-14-50-95-98(2)125(129,117-78-42-33-72(27-18-54-102)63-87(78)108-6)118-79-43-34-73(28-19-55-103)64-88(79)109-7)123-84-48-39-69(60-93(84)114-12)24-15-51-96-99(3)126(130,119-80-44-35-74(29-20-56-104)65-89(80)110-8)120-81-45-36-75(30-21-57-105)66-90(81)111-9/h13-66H,1-12H3/b22-13+,23-14+,24-15+,25-16+,26-17+,27-18+,28-19+,29-20+,30-21+,94-49+,95-50+,96-51+. The fraction of sp³-hybridized carbons (Fsp3) is 0.129. The SMILES string of the molecule is COc1cc(/C=C/C=N/N(C)P(=S)(Oc2ccc(/C=C/C=O)cc2OC)Oc2ccc(/C=C/C=O)cc2OC)ccc1OP(=S)(Oc1ccc(/C=C/C=N/N(C)P(=S)(Oc2ccc(/C=C/C=O)cc2OC)Oc2ccc(/C=C/C=O)cc2OC)cc1OC)Oc1ccc(/C=C/C=N/N(C)P(=S)(Oc2ccc(/C=C/C=O)cc2OC)Oc2ccc(/C=C/C=O)cc2OC)cc1OC. The van der Waals surface area contributed by atoms with Crippen molar-refractivity contribution in [1.29, 1.82) is 0 Å². The van der Waals surface area contributed by atoms with E-state index in [2.05, 4.69) is 15.3 Å². The van der Waals surface area contributed by atoms with Gasteiger partial charge in [0.1, 0.15) is 37.7 Å². The fourth-order valence-electron chi connectivity index (χ4n) is 11.3. The van der Waals surface area contributed by atoms with Gasteiger partial charge < -0.3 is 83.3 Å². The summed E-state index contributed by atoms with van der Waals surface area (Å²) in [7, 11) is 17.8. The van der Waals surface area contributed by atoms with Crippen molar-refractivity contribution in [3.63, 3.8) is 0 Å². The second-order valence-corrected chi connectivity index (χ2v) is 38.8. The summed E-state index contributed by atoms with van der Waals surface area (Å²) >= 11 is 25.1. The number of benzene rings is 9. The molecule has 0 unspecified atom stereocenters. The highest BCUT2D eigenvalue weighted by atomic mass is 32.5. The Kier molecular flexibility index (Phi) is 38.6. The minimum atomic E-state index is -4.21. The molecule has 0 fully saturated rings. The number of rotatable bonds is 51. The number of aldehydes is 6. The summed E-state index contributed by atoms with van der Waals surface area (Å²) in [5.74, 6) is 3.83. The van der Waals surface area contributed by atoms with Crippen molar-refractivity contribution >= 4 is 185 Å². The molecule has 0 aromatic heterocycles. The van der Waals surface area contributed by atoms with Gasteiger partial charge in [0, 0.05) is 87.0 Å². The van der Waals surface area contributed by atoms with Crippen LogP contribution in [0.25, 0.3) is 54.7 Å². The third kappa shape index (κ3) is 28.8. The topological polar surface area (TPSA) is 315 Å². The Balaban J connectivity index is 1.04. The first-order chi connectivity index (χ1) is 63.3. The molecule has 0 spiro atoms. The zero-order valence-corrected chi connectivity index (χ0v) is 79.4. The van der Waals surface area contributed by atoms with Crippen LogP contribution in [-0.4, -0.2) is 156 Å². The Bertz CT molecular complexity index is 5390. The molecule has 0 aliphatic rings. The summed E-state index contributed by atoms with van der Waals surface area (Å²) in [6, 6.07) is 45.1. The van der Waals surface area contributed by atoms with Crippen LogP contribution in [0.3, 0.4) is 0 Å². The number of carbonyl (C=O) groups excluding carboxylic acids is 6. The van der Waals surface area contributed by atoms with E-state index in [4.69, 9.17) is 131 Å². The molecule has 0 saturated heterocycles. The zero-order valence-electron chi connectivity index (χ0n) is 72.6. The lowest BCUT2D eigenvalue weighted by molar-refractivity contribution is -0.104. The molecule has 30 nitrogen and oxygen atoms in total. The van der Waals surface area contributed by atoms with E-state index >= 15 is 0 Å². The van der Waals surface area contributed by atoms with Gasteiger partial charge in [0.05, 0.1) is 64.0 Å². The average Bonchev–Trinajstić information content (AvgIpc) is 0.806. The van der Waals surface area contributed by atoms with Crippen LogP contribution in [0, 0.1) is 0 Å². The van der Waals surface area contributed by atoms with Crippen LogP contribution in [0.2, 0.25) is 0 Å². The van der Waals surface area contributed by atoms with Crippen LogP contribution in [0.5, 0.6) is 103 Å². The fourth-order valence-corrected chi connectivity index (χ4v) is 18.9. The third-order valence-electron chi connectivity index (χ3n) is 17.7. The second kappa shape index (κ2) is 50.1. The van der Waals surface area contributed by atoms with E-state index in [1.54, 1.807) is 258 Å². The largest absolute Gasteiger partial charge is 0.493 e. The van der Waals surface area contributed by atoms with Crippen molar-refractivity contribution in [3.8, 4) is 103 Å². The summed E-state index contributed by atoms with van der Waals surface area (Å²) in [4.78, 5) is 67.1. The molecule has 9 aromatic rings. The first kappa shape index (κ1) is 101. The number of nitrogens with zero attached hydrogens (tertiary/aromatic N) is 6. The Morgan fingerprint density at radius 1 is 0.214 bits per heavy atom. The highest BCUT2D eigenvalue weighted by Crippen LogP contribution is 2.60. The lowest BCUT2D eigenvalue weighted by atomic mass is 10.2. The zero-order chi connectivity index (χ0) is 94.4. The minimum absolute atomic E-state index is 0.0956. The number of hydrogen-bond donors (Lipinski definition) is 0. The lowest BCUT2D eigenvalue weighted by Gasteiger charge is -2.29. The Morgan fingerprint density at radius 3 is 0.489 bits per heavy atom. The number of hydrogen-bond acceptors (Lipinski definition) is 31. The lowest BCUT2D eigenvalue weighted by Crippen LogP contribution is -2.17. The summed E-state index contributed by atoms with van der Waals surface area (Å²) in [5.41, 5.74) is 5.66. The third-order valence-corrected chi connectivity index (χ3v) is 28.1. The van der Waals surface area contributed by atoms with E-state index in [1.807, 2.05) is 0 Å². The van der Waals surface area contributed by atoms with Gasteiger partial charge in [-0.05, 0) is 214 Å². The summed E-state index contributed by atoms with van der Waals surface area (Å²) in [5, 5.41) is 13.9. The van der Waals surface area contributed by atoms with Gasteiger partial charge in [0.15, 0.2) is 103 Å². The summed E-state index contributed by atoms with van der Waals surface area (Å²) in [6.07, 6.45) is 36.1. The van der Waals surface area contributed by atoms with Crippen LogP contribution in [0.1, 0.15) is 50.1 Å². The van der Waals surface area contributed by atoms with Crippen LogP contribution < -0.4 is 83.3 Å². The maximum atomic E-state index is 11.2. The summed E-state index contributed by atoms with van der Waals surface area (Å²) in [6.45, 7) is -15.4. The molecule has 0 aliphatic heterocycles. The van der Waals surface area contributed by atoms with Crippen LogP contribution in [0.15, 0.2) is 234 Å². The molecule has 0 atom stereocenters. The van der Waals surface area contributed by atoms with Crippen molar-refractivity contribution in [2.24, 2.45) is 15.3 Å². The maximum absolute atomic E-state index is 11.2. The predicted molar refractivity (Wildman–Crippen MR) is 526 cm³/mol. The molecule has 0 heterocycles. The van der Waals surface area contributed by atoms with Gasteiger partial charge in [0.25, 0.3) is 0 Å². The van der Waals surface area contributed by atoms with E-state index in [9.17, 15) is 28.8 Å². The molecular formula is C93H90N6O24P4S4. The number of allylic oxidation sites excluding steroid dienone is 9. The molecule has 0 bridgehead atoms. The van der Waals surface area contributed by atoms with Gasteiger partial charge in [0.2, 0.25) is 0 Å². The maximum Gasteiger partial charge on any atom is 0.490 e. The van der Waals surface area contributed by atoms with Crippen molar-refractivity contribution in [1.82, 2.24) is 14.3 Å². The van der Waals surface area contributed by atoms with Gasteiger partial charge >= 0.3 is 26.6 Å². The summed E-state index contributed by atoms with van der Waals surface area (Å²) < 4.78 is 116. The van der Waals surface area contributed by atoms with Gasteiger partial charge in [-0.2, -0.15) is 15.3 Å². The van der Waals surface area contributed by atoms with Crippen LogP contribution in [0.4, 0.5) is 0 Å². The van der Waals surface area contributed by atoms with Crippen molar-refractivity contribution in [2.45, 2.75) is 0 Å². The van der Waals surface area contributed by atoms with Crippen LogP contribution in [-0.2, 0) is 76.0 Å². The van der Waals surface area contributed by atoms with Gasteiger partial charge in [-0.25, -0.2) is 14.3 Å². The minimum Gasteiger partial charge on any atom is -0.493 e. The Hall–Kier alpha value is -13.9. The molecule has 680 valence electrons. The van der Waals surface area contributed by atoms with E-state index in [1.165, 1.54) is 133 Å². The Morgan fingerprint density at radius 2 is 0.351 bits per heavy atom. The second-order valence-electron chi connectivity index (χ2n) is 26.2. The molecule has 0 aliphatic carbocycles. The molecule has 0 radical (unpaired) electrons. The molecule has 131 heavy (non-hydrogen) atoms. The molecule has 0 saturated carbocycles. The number of carbonyl (C=O) groups is 6. The highest BCUT2D eigenvalue weighted by Gasteiger charge is 2.36. The number of methoxy groups -OCH3 is 9. The molecule has 0 amide bonds. The molecular weight excluding hydrogens is 1840 g/mol. The van der Waals surface area contributed by atoms with E-state index in [-0.39, 0.29) is 103 Å². The first-order valence-corrected chi connectivity index (χ1v) is 49.0. The molecule has 9 aromatic carbocycles. The Labute approximate surface area is 778 Å². The smallest absolute Gasteiger partial charge is 0.490 e.